The molecule has 0 aliphatic carbocycles. The highest BCUT2D eigenvalue weighted by molar-refractivity contribution is 5.90. The number of alkyl halides is 2. The van der Waals surface area contributed by atoms with Gasteiger partial charge in [0.25, 0.3) is 0 Å². The fraction of sp³-hybridized carbons (Fsp3) is 0.562. The highest BCUT2D eigenvalue weighted by atomic mass is 35.5. The van der Waals surface area contributed by atoms with Crippen molar-refractivity contribution in [1.82, 2.24) is 5.32 Å². The predicted octanol–water partition coefficient (Wildman–Crippen LogP) is 3.57. The summed E-state index contributed by atoms with van der Waals surface area (Å²) < 4.78 is 28.4. The minimum Gasteiger partial charge on any atom is -0.435 e. The number of hydrogen-bond donors (Lipinski definition) is 2. The van der Waals surface area contributed by atoms with Gasteiger partial charge >= 0.3 is 6.61 Å². The molecule has 2 fully saturated rings. The van der Waals surface area contributed by atoms with Crippen LogP contribution < -0.4 is 15.4 Å². The summed E-state index contributed by atoms with van der Waals surface area (Å²) in [6.45, 7) is -2.84. The largest absolute Gasteiger partial charge is 0.435 e. The maximum absolute atomic E-state index is 12.1. The van der Waals surface area contributed by atoms with Crippen molar-refractivity contribution < 1.29 is 18.3 Å². The van der Waals surface area contributed by atoms with Crippen molar-refractivity contribution in [3.63, 3.8) is 0 Å². The van der Waals surface area contributed by atoms with Gasteiger partial charge in [0.15, 0.2) is 0 Å². The zero-order valence-corrected chi connectivity index (χ0v) is 13.5. The number of hydrogen-bond acceptors (Lipinski definition) is 3. The first-order valence-corrected chi connectivity index (χ1v) is 7.69. The monoisotopic (exact) mass is 346 g/mol. The van der Waals surface area contributed by atoms with Crippen molar-refractivity contribution >= 4 is 24.0 Å². The van der Waals surface area contributed by atoms with E-state index in [1.807, 2.05) is 0 Å². The van der Waals surface area contributed by atoms with Crippen LogP contribution in [0.15, 0.2) is 24.3 Å². The van der Waals surface area contributed by atoms with Crippen LogP contribution in [0.25, 0.3) is 0 Å². The lowest BCUT2D eigenvalue weighted by molar-refractivity contribution is -0.117. The number of nitrogens with one attached hydrogen (secondary N) is 2. The Balaban J connectivity index is 0.00000192. The van der Waals surface area contributed by atoms with Crippen LogP contribution in [0.1, 0.15) is 32.1 Å². The molecule has 2 atom stereocenters. The zero-order chi connectivity index (χ0) is 15.5. The van der Waals surface area contributed by atoms with Crippen molar-refractivity contribution in [2.75, 3.05) is 5.32 Å². The molecule has 3 rings (SSSR count). The fourth-order valence-electron chi connectivity index (χ4n) is 3.54. The van der Waals surface area contributed by atoms with E-state index in [0.29, 0.717) is 30.1 Å². The Bertz CT molecular complexity index is 515. The first kappa shape index (κ1) is 17.9. The lowest BCUT2D eigenvalue weighted by Gasteiger charge is -2.28. The topological polar surface area (TPSA) is 50.4 Å². The molecule has 2 aliphatic rings. The molecule has 2 saturated heterocycles. The van der Waals surface area contributed by atoms with Crippen molar-refractivity contribution in [2.45, 2.75) is 50.8 Å². The summed E-state index contributed by atoms with van der Waals surface area (Å²) in [5.74, 6) is 0.497. The summed E-state index contributed by atoms with van der Waals surface area (Å²) in [6, 6.07) is 7.13. The van der Waals surface area contributed by atoms with Crippen LogP contribution in [0.3, 0.4) is 0 Å². The number of ether oxygens (including phenoxy) is 1. The second-order valence-corrected chi connectivity index (χ2v) is 6.13. The smallest absolute Gasteiger partial charge is 0.387 e. The summed E-state index contributed by atoms with van der Waals surface area (Å²) in [4.78, 5) is 12.1. The molecule has 2 unspecified atom stereocenters. The normalized spacial score (nSPS) is 25.8. The molecule has 0 aromatic heterocycles. The Labute approximate surface area is 140 Å². The molecule has 1 aromatic carbocycles. The van der Waals surface area contributed by atoms with E-state index in [1.54, 1.807) is 12.1 Å². The molecule has 7 heteroatoms. The van der Waals surface area contributed by atoms with Gasteiger partial charge in [-0.3, -0.25) is 4.79 Å². The molecule has 0 saturated carbocycles. The second kappa shape index (κ2) is 7.93. The molecule has 0 radical (unpaired) electrons. The predicted molar refractivity (Wildman–Crippen MR) is 86.2 cm³/mol. The van der Waals surface area contributed by atoms with E-state index >= 15 is 0 Å². The van der Waals surface area contributed by atoms with Gasteiger partial charge in [0.2, 0.25) is 5.91 Å². The number of fused-ring (bicyclic) bond motifs is 2. The van der Waals surface area contributed by atoms with Crippen molar-refractivity contribution in [3.8, 4) is 5.75 Å². The average Bonchev–Trinajstić information content (AvgIpc) is 2.79. The molecule has 2 N–H and O–H groups in total. The average molecular weight is 347 g/mol. The maximum atomic E-state index is 12.1. The third-order valence-electron chi connectivity index (χ3n) is 4.41. The molecule has 0 spiro atoms. The van der Waals surface area contributed by atoms with E-state index in [1.165, 1.54) is 25.0 Å². The molecule has 1 aromatic rings. The van der Waals surface area contributed by atoms with Crippen LogP contribution in [0.2, 0.25) is 0 Å². The van der Waals surface area contributed by atoms with E-state index in [-0.39, 0.29) is 24.1 Å². The Morgan fingerprint density at radius 1 is 1.22 bits per heavy atom. The summed E-state index contributed by atoms with van der Waals surface area (Å²) >= 11 is 0. The quantitative estimate of drug-likeness (QED) is 0.857. The van der Waals surface area contributed by atoms with Crippen LogP contribution in [-0.4, -0.2) is 24.6 Å². The first-order chi connectivity index (χ1) is 10.6. The number of halogens is 3. The summed E-state index contributed by atoms with van der Waals surface area (Å²) in [7, 11) is 0. The van der Waals surface area contributed by atoms with E-state index in [0.717, 1.165) is 12.8 Å². The zero-order valence-electron chi connectivity index (χ0n) is 12.6. The number of benzene rings is 1. The van der Waals surface area contributed by atoms with Gasteiger partial charge in [-0.05, 0) is 55.9 Å². The molecular weight excluding hydrogens is 326 g/mol. The molecule has 23 heavy (non-hydrogen) atoms. The summed E-state index contributed by atoms with van der Waals surface area (Å²) in [5, 5.41) is 6.38. The minimum absolute atomic E-state index is 0. The maximum Gasteiger partial charge on any atom is 0.387 e. The van der Waals surface area contributed by atoms with Gasteiger partial charge in [-0.2, -0.15) is 8.78 Å². The summed E-state index contributed by atoms with van der Waals surface area (Å²) in [6.07, 6.45) is 5.07. The SMILES string of the molecule is Cl.O=C(CC1CC2CCC(C1)N2)Nc1ccc(OC(F)F)cc1. The Hall–Kier alpha value is -1.40. The number of anilines is 1. The van der Waals surface area contributed by atoms with Crippen molar-refractivity contribution in [1.29, 1.82) is 0 Å². The van der Waals surface area contributed by atoms with Crippen LogP contribution in [0.5, 0.6) is 5.75 Å². The van der Waals surface area contributed by atoms with E-state index < -0.39 is 6.61 Å². The second-order valence-electron chi connectivity index (χ2n) is 6.13. The number of carbonyl (C=O) groups is 1. The van der Waals surface area contributed by atoms with Gasteiger partial charge in [0.1, 0.15) is 5.75 Å². The molecule has 128 valence electrons. The van der Waals surface area contributed by atoms with E-state index in [4.69, 9.17) is 0 Å². The van der Waals surface area contributed by atoms with Gasteiger partial charge in [0.05, 0.1) is 0 Å². The van der Waals surface area contributed by atoms with Gasteiger partial charge in [-0.25, -0.2) is 0 Å². The fourth-order valence-corrected chi connectivity index (χ4v) is 3.54. The number of carbonyl (C=O) groups excluding carboxylic acids is 1. The van der Waals surface area contributed by atoms with Gasteiger partial charge in [0, 0.05) is 24.2 Å². The molecule has 4 nitrogen and oxygen atoms in total. The first-order valence-electron chi connectivity index (χ1n) is 7.69. The third-order valence-corrected chi connectivity index (χ3v) is 4.41. The highest BCUT2D eigenvalue weighted by Crippen LogP contribution is 2.32. The molecular formula is C16H21ClF2N2O2. The molecule has 2 aliphatic heterocycles. The van der Waals surface area contributed by atoms with Crippen LogP contribution >= 0.6 is 12.4 Å². The standard InChI is InChI=1S/C16H20F2N2O2.ClH/c17-16(18)22-14-5-3-11(4-6-14)20-15(21)9-10-7-12-1-2-13(8-10)19-12;/h3-6,10,12-13,16,19H,1-2,7-9H2,(H,20,21);1H. The van der Waals surface area contributed by atoms with Gasteiger partial charge in [-0.1, -0.05) is 0 Å². The lowest BCUT2D eigenvalue weighted by atomic mass is 9.89. The Morgan fingerprint density at radius 3 is 2.39 bits per heavy atom. The van der Waals surface area contributed by atoms with Crippen LogP contribution in [0.4, 0.5) is 14.5 Å². The molecule has 2 bridgehead atoms. The summed E-state index contributed by atoms with van der Waals surface area (Å²) in [5.41, 5.74) is 0.600. The van der Waals surface area contributed by atoms with Crippen molar-refractivity contribution in [2.24, 2.45) is 5.92 Å². The van der Waals surface area contributed by atoms with Gasteiger partial charge < -0.3 is 15.4 Å². The lowest BCUT2D eigenvalue weighted by Crippen LogP contribution is -2.39. The Morgan fingerprint density at radius 2 is 1.83 bits per heavy atom. The number of rotatable bonds is 5. The third kappa shape index (κ3) is 5.04. The van der Waals surface area contributed by atoms with Crippen LogP contribution in [0, 0.1) is 5.92 Å². The minimum atomic E-state index is -2.84. The molecule has 1 amide bonds. The van der Waals surface area contributed by atoms with Crippen LogP contribution in [-0.2, 0) is 4.79 Å². The van der Waals surface area contributed by atoms with Gasteiger partial charge in [-0.15, -0.1) is 12.4 Å². The Kier molecular flexibility index (Phi) is 6.18. The number of amides is 1. The molecule has 2 heterocycles. The highest BCUT2D eigenvalue weighted by Gasteiger charge is 2.34. The van der Waals surface area contributed by atoms with E-state index in [9.17, 15) is 13.6 Å². The van der Waals surface area contributed by atoms with Crippen molar-refractivity contribution in [3.05, 3.63) is 24.3 Å². The van der Waals surface area contributed by atoms with E-state index in [2.05, 4.69) is 15.4 Å². The number of piperidine rings is 1.